The van der Waals surface area contributed by atoms with Gasteiger partial charge in [0.15, 0.2) is 0 Å². The first-order chi connectivity index (χ1) is 19.1. The van der Waals surface area contributed by atoms with Gasteiger partial charge in [-0.3, -0.25) is 0 Å². The van der Waals surface area contributed by atoms with Crippen molar-refractivity contribution in [2.45, 2.75) is 19.3 Å². The predicted molar refractivity (Wildman–Crippen MR) is 152 cm³/mol. The van der Waals surface area contributed by atoms with E-state index in [9.17, 15) is 0 Å². The minimum absolute atomic E-state index is 0.175. The quantitative estimate of drug-likeness (QED) is 0.187. The van der Waals surface area contributed by atoms with Gasteiger partial charge >= 0.3 is 0 Å². The summed E-state index contributed by atoms with van der Waals surface area (Å²) in [6, 6.07) is 22.4. The standard InChI is InChI=1S/C34H25N/c1-34(2)26-17-9-16-25-30(26)32-29-23(22-13-7-10-20-18-19-27(34)31(32)28(20)22)14-8-15-24(29)33(25)35(3)21-11-5-4-6-12-21/h4-19H,1-3H3/i4D,5D,6D,11D,12D. The topological polar surface area (TPSA) is 3.24 Å². The van der Waals surface area contributed by atoms with E-state index in [0.717, 1.165) is 27.2 Å². The van der Waals surface area contributed by atoms with Gasteiger partial charge < -0.3 is 4.90 Å². The lowest BCUT2D eigenvalue weighted by Gasteiger charge is -2.36. The van der Waals surface area contributed by atoms with Crippen LogP contribution in [0.1, 0.15) is 31.8 Å². The molecule has 1 aliphatic carbocycles. The average molecular weight is 453 g/mol. The van der Waals surface area contributed by atoms with E-state index < -0.39 is 0 Å². The Bertz CT molecular complexity index is 2240. The number of benzene rings is 7. The Morgan fingerprint density at radius 1 is 0.600 bits per heavy atom. The van der Waals surface area contributed by atoms with E-state index in [4.69, 9.17) is 6.85 Å². The summed E-state index contributed by atoms with van der Waals surface area (Å²) in [5, 5.41) is 11.8. The second-order valence-corrected chi connectivity index (χ2v) is 10.2. The maximum atomic E-state index is 8.74. The Balaban J connectivity index is 1.67. The van der Waals surface area contributed by atoms with Crippen LogP contribution in [0.2, 0.25) is 0 Å². The number of para-hydroxylation sites is 1. The lowest BCUT2D eigenvalue weighted by Crippen LogP contribution is -2.23. The Morgan fingerprint density at radius 3 is 2.03 bits per heavy atom. The van der Waals surface area contributed by atoms with E-state index >= 15 is 0 Å². The molecular formula is C34H25N. The number of fused-ring (bicyclic) bond motifs is 1. The average Bonchev–Trinajstić information content (AvgIpc) is 2.95. The van der Waals surface area contributed by atoms with Crippen LogP contribution < -0.4 is 4.90 Å². The molecule has 7 aromatic rings. The molecule has 0 spiro atoms. The number of hydrogen-bond donors (Lipinski definition) is 0. The van der Waals surface area contributed by atoms with Gasteiger partial charge in [0.05, 0.1) is 12.5 Å². The third kappa shape index (κ3) is 2.20. The molecule has 0 aromatic heterocycles. The molecule has 0 fully saturated rings. The van der Waals surface area contributed by atoms with Crippen LogP contribution in [-0.4, -0.2) is 7.05 Å². The fraction of sp³-hybridized carbons (Fsp3) is 0.118. The summed E-state index contributed by atoms with van der Waals surface area (Å²) < 4.78 is 42.3. The van der Waals surface area contributed by atoms with Crippen molar-refractivity contribution in [1.29, 1.82) is 0 Å². The van der Waals surface area contributed by atoms with Gasteiger partial charge in [-0.25, -0.2) is 0 Å². The zero-order valence-electron chi connectivity index (χ0n) is 24.8. The summed E-state index contributed by atoms with van der Waals surface area (Å²) in [6.07, 6.45) is 0. The molecular weight excluding hydrogens is 422 g/mol. The van der Waals surface area contributed by atoms with Crippen molar-refractivity contribution in [3.05, 3.63) is 108 Å². The summed E-state index contributed by atoms with van der Waals surface area (Å²) in [5.74, 6) is 0. The maximum Gasteiger partial charge on any atom is 0.0645 e. The molecule has 0 saturated carbocycles. The van der Waals surface area contributed by atoms with Crippen molar-refractivity contribution >= 4 is 65.2 Å². The van der Waals surface area contributed by atoms with Gasteiger partial charge in [-0.2, -0.15) is 0 Å². The lowest BCUT2D eigenvalue weighted by molar-refractivity contribution is 0.652. The van der Waals surface area contributed by atoms with E-state index in [0.29, 0.717) is 0 Å². The number of nitrogens with zero attached hydrogens (tertiary/aromatic N) is 1. The van der Waals surface area contributed by atoms with E-state index in [1.54, 1.807) is 0 Å². The molecule has 166 valence electrons. The van der Waals surface area contributed by atoms with Gasteiger partial charge in [-0.1, -0.05) is 98.7 Å². The van der Waals surface area contributed by atoms with Crippen molar-refractivity contribution in [1.82, 2.24) is 0 Å². The molecule has 0 radical (unpaired) electrons. The van der Waals surface area contributed by atoms with Crippen molar-refractivity contribution in [3.8, 4) is 0 Å². The smallest absolute Gasteiger partial charge is 0.0645 e. The van der Waals surface area contributed by atoms with Crippen molar-refractivity contribution in [2.24, 2.45) is 0 Å². The van der Waals surface area contributed by atoms with Gasteiger partial charge in [0, 0.05) is 34.3 Å². The minimum Gasteiger partial charge on any atom is -0.344 e. The van der Waals surface area contributed by atoms with Gasteiger partial charge in [0.1, 0.15) is 0 Å². The van der Waals surface area contributed by atoms with E-state index in [-0.39, 0.29) is 41.3 Å². The second-order valence-electron chi connectivity index (χ2n) is 10.2. The molecule has 0 bridgehead atoms. The highest BCUT2D eigenvalue weighted by atomic mass is 15.1. The van der Waals surface area contributed by atoms with Crippen LogP contribution in [0.5, 0.6) is 0 Å². The van der Waals surface area contributed by atoms with Gasteiger partial charge in [-0.05, 0) is 60.9 Å². The van der Waals surface area contributed by atoms with Crippen molar-refractivity contribution < 1.29 is 6.85 Å². The number of anilines is 2. The van der Waals surface area contributed by atoms with Gasteiger partial charge in [0.2, 0.25) is 0 Å². The van der Waals surface area contributed by atoms with E-state index in [1.165, 1.54) is 43.4 Å². The molecule has 0 heterocycles. The first-order valence-electron chi connectivity index (χ1n) is 14.5. The summed E-state index contributed by atoms with van der Waals surface area (Å²) in [7, 11) is 1.82. The highest BCUT2D eigenvalue weighted by Crippen LogP contribution is 2.55. The van der Waals surface area contributed by atoms with Crippen LogP contribution in [0.15, 0.2) is 96.9 Å². The third-order valence-corrected chi connectivity index (χ3v) is 8.23. The van der Waals surface area contributed by atoms with Crippen LogP contribution in [0.25, 0.3) is 53.9 Å². The third-order valence-electron chi connectivity index (χ3n) is 8.23. The van der Waals surface area contributed by atoms with Crippen molar-refractivity contribution in [3.63, 3.8) is 0 Å². The number of rotatable bonds is 2. The predicted octanol–water partition coefficient (Wildman–Crippen LogP) is 9.30. The maximum absolute atomic E-state index is 8.74. The monoisotopic (exact) mass is 452 g/mol. The van der Waals surface area contributed by atoms with Gasteiger partial charge in [0.25, 0.3) is 0 Å². The summed E-state index contributed by atoms with van der Waals surface area (Å²) in [6.45, 7) is 4.57. The molecule has 8 rings (SSSR count). The molecule has 0 aliphatic heterocycles. The zero-order valence-corrected chi connectivity index (χ0v) is 19.8. The summed E-state index contributed by atoms with van der Waals surface area (Å²) in [4.78, 5) is 1.81. The molecule has 1 nitrogen and oxygen atoms in total. The summed E-state index contributed by atoms with van der Waals surface area (Å²) in [5.41, 5.74) is 3.32. The Kier molecular flexibility index (Phi) is 2.71. The first-order valence-corrected chi connectivity index (χ1v) is 12.0. The van der Waals surface area contributed by atoms with E-state index in [2.05, 4.69) is 80.6 Å². The molecule has 0 atom stereocenters. The molecule has 0 saturated heterocycles. The molecule has 0 N–H and O–H groups in total. The first kappa shape index (κ1) is 15.0. The Labute approximate surface area is 211 Å². The normalized spacial score (nSPS) is 16.4. The molecule has 1 aliphatic rings. The highest BCUT2D eigenvalue weighted by molar-refractivity contribution is 6.42. The van der Waals surface area contributed by atoms with Crippen LogP contribution in [-0.2, 0) is 5.41 Å². The minimum atomic E-state index is -0.385. The fourth-order valence-corrected chi connectivity index (χ4v) is 6.72. The SMILES string of the molecule is [2H]c1c([2H])c([2H])c(N(C)c2c3cccc4c3c3c5c(ccc6cccc(c7cccc2c73)c65)C4(C)C)c([2H])c1[2H]. The molecule has 0 amide bonds. The lowest BCUT2D eigenvalue weighted by atomic mass is 9.68. The zero-order chi connectivity index (χ0) is 27.8. The van der Waals surface area contributed by atoms with Crippen LogP contribution in [0, 0.1) is 0 Å². The second kappa shape index (κ2) is 6.31. The van der Waals surface area contributed by atoms with E-state index in [1.807, 2.05) is 11.9 Å². The molecule has 35 heavy (non-hydrogen) atoms. The number of hydrogen-bond acceptors (Lipinski definition) is 1. The van der Waals surface area contributed by atoms with Gasteiger partial charge in [-0.15, -0.1) is 0 Å². The molecule has 1 heteroatoms. The fourth-order valence-electron chi connectivity index (χ4n) is 6.72. The summed E-state index contributed by atoms with van der Waals surface area (Å²) >= 11 is 0. The van der Waals surface area contributed by atoms with Crippen LogP contribution in [0.4, 0.5) is 11.4 Å². The van der Waals surface area contributed by atoms with Crippen molar-refractivity contribution in [2.75, 3.05) is 11.9 Å². The van der Waals surface area contributed by atoms with Crippen LogP contribution >= 0.6 is 0 Å². The largest absolute Gasteiger partial charge is 0.344 e. The Morgan fingerprint density at radius 2 is 1.23 bits per heavy atom. The molecule has 0 unspecified atom stereocenters. The van der Waals surface area contributed by atoms with Crippen LogP contribution in [0.3, 0.4) is 0 Å². The highest BCUT2D eigenvalue weighted by Gasteiger charge is 2.35. The molecule has 7 aromatic carbocycles. The Hall–Kier alpha value is -4.10.